The number of piperidine rings is 1. The molecule has 0 saturated carbocycles. The summed E-state index contributed by atoms with van der Waals surface area (Å²) >= 11 is 0. The van der Waals surface area contributed by atoms with Crippen molar-refractivity contribution in [3.63, 3.8) is 0 Å². The molecule has 82 valence electrons. The molecule has 3 heteroatoms. The fourth-order valence-electron chi connectivity index (χ4n) is 2.60. The summed E-state index contributed by atoms with van der Waals surface area (Å²) < 4.78 is 14.3. The Morgan fingerprint density at radius 2 is 2.14 bits per heavy atom. The summed E-state index contributed by atoms with van der Waals surface area (Å²) in [5.41, 5.74) is -0.907. The molecule has 0 amide bonds. The minimum atomic E-state index is -0.907. The molecule has 2 aliphatic heterocycles. The predicted octanol–water partition coefficient (Wildman–Crippen LogP) is 1.42. The summed E-state index contributed by atoms with van der Waals surface area (Å²) in [5.74, 6) is 0.764. The van der Waals surface area contributed by atoms with Gasteiger partial charge in [0.25, 0.3) is 0 Å². The molecule has 14 heavy (non-hydrogen) atoms. The standard InChI is InChI=1S/C11H21FN2/c1-10-2-7-14(8-10)9-11(12)3-5-13-6-4-11/h10,13H,2-9H2,1H3/t10-/m0/s1. The van der Waals surface area contributed by atoms with Crippen LogP contribution in [0.2, 0.25) is 0 Å². The Morgan fingerprint density at radius 3 is 2.71 bits per heavy atom. The van der Waals surface area contributed by atoms with Crippen molar-refractivity contribution >= 4 is 0 Å². The van der Waals surface area contributed by atoms with Crippen molar-refractivity contribution < 1.29 is 4.39 Å². The maximum atomic E-state index is 14.3. The van der Waals surface area contributed by atoms with Gasteiger partial charge in [-0.2, -0.15) is 0 Å². The van der Waals surface area contributed by atoms with Gasteiger partial charge in [0, 0.05) is 13.1 Å². The molecule has 0 bridgehead atoms. The predicted molar refractivity (Wildman–Crippen MR) is 56.2 cm³/mol. The molecule has 2 rings (SSSR count). The summed E-state index contributed by atoms with van der Waals surface area (Å²) in [4.78, 5) is 2.30. The number of nitrogens with one attached hydrogen (secondary N) is 1. The SMILES string of the molecule is C[C@H]1CCN(CC2(F)CCNCC2)C1. The van der Waals surface area contributed by atoms with Gasteiger partial charge >= 0.3 is 0 Å². The lowest BCUT2D eigenvalue weighted by Gasteiger charge is -2.33. The second-order valence-electron chi connectivity index (χ2n) is 5.03. The van der Waals surface area contributed by atoms with Gasteiger partial charge in [0.05, 0.1) is 0 Å². The highest BCUT2D eigenvalue weighted by molar-refractivity contribution is 4.89. The molecule has 0 spiro atoms. The molecular weight excluding hydrogens is 179 g/mol. The first-order valence-corrected chi connectivity index (χ1v) is 5.80. The molecule has 2 aliphatic rings. The highest BCUT2D eigenvalue weighted by Gasteiger charge is 2.35. The summed E-state index contributed by atoms with van der Waals surface area (Å²) in [5, 5.41) is 3.22. The average molecular weight is 200 g/mol. The number of nitrogens with zero attached hydrogens (tertiary/aromatic N) is 1. The highest BCUT2D eigenvalue weighted by atomic mass is 19.1. The van der Waals surface area contributed by atoms with Gasteiger partial charge in [-0.1, -0.05) is 6.92 Å². The third-order valence-corrected chi connectivity index (χ3v) is 3.51. The summed E-state index contributed by atoms with van der Waals surface area (Å²) in [6, 6.07) is 0. The van der Waals surface area contributed by atoms with Crippen molar-refractivity contribution in [2.24, 2.45) is 5.92 Å². The van der Waals surface area contributed by atoms with Crippen LogP contribution in [0.15, 0.2) is 0 Å². The van der Waals surface area contributed by atoms with E-state index in [0.29, 0.717) is 19.4 Å². The fraction of sp³-hybridized carbons (Fsp3) is 1.00. The lowest BCUT2D eigenvalue weighted by atomic mass is 9.94. The minimum Gasteiger partial charge on any atom is -0.316 e. The largest absolute Gasteiger partial charge is 0.316 e. The maximum absolute atomic E-state index is 14.3. The monoisotopic (exact) mass is 200 g/mol. The minimum absolute atomic E-state index is 0.666. The number of halogens is 1. The van der Waals surface area contributed by atoms with E-state index in [-0.39, 0.29) is 0 Å². The molecule has 2 nitrogen and oxygen atoms in total. The molecule has 0 unspecified atom stereocenters. The van der Waals surface area contributed by atoms with Gasteiger partial charge in [0.2, 0.25) is 0 Å². The molecule has 0 aromatic rings. The van der Waals surface area contributed by atoms with Gasteiger partial charge in [-0.05, 0) is 44.8 Å². The van der Waals surface area contributed by atoms with E-state index in [2.05, 4.69) is 17.1 Å². The van der Waals surface area contributed by atoms with E-state index in [1.807, 2.05) is 0 Å². The van der Waals surface area contributed by atoms with E-state index in [1.54, 1.807) is 0 Å². The maximum Gasteiger partial charge on any atom is 0.126 e. The number of rotatable bonds is 2. The van der Waals surface area contributed by atoms with E-state index in [1.165, 1.54) is 6.42 Å². The third-order valence-electron chi connectivity index (χ3n) is 3.51. The van der Waals surface area contributed by atoms with Crippen LogP contribution in [0.25, 0.3) is 0 Å². The molecular formula is C11H21FN2. The summed E-state index contributed by atoms with van der Waals surface area (Å²) in [6.45, 7) is 6.81. The molecule has 2 fully saturated rings. The zero-order valence-corrected chi connectivity index (χ0v) is 9.06. The lowest BCUT2D eigenvalue weighted by Crippen LogP contribution is -2.46. The average Bonchev–Trinajstić information content (AvgIpc) is 2.51. The van der Waals surface area contributed by atoms with Crippen molar-refractivity contribution in [3.8, 4) is 0 Å². The van der Waals surface area contributed by atoms with Crippen molar-refractivity contribution in [2.45, 2.75) is 31.9 Å². The van der Waals surface area contributed by atoms with Crippen LogP contribution in [0.4, 0.5) is 4.39 Å². The number of hydrogen-bond acceptors (Lipinski definition) is 2. The van der Waals surface area contributed by atoms with E-state index in [4.69, 9.17) is 0 Å². The van der Waals surface area contributed by atoms with Crippen LogP contribution in [0.5, 0.6) is 0 Å². The van der Waals surface area contributed by atoms with Gasteiger partial charge < -0.3 is 5.32 Å². The van der Waals surface area contributed by atoms with E-state index in [0.717, 1.165) is 32.1 Å². The van der Waals surface area contributed by atoms with E-state index >= 15 is 0 Å². The number of alkyl halides is 1. The first-order valence-electron chi connectivity index (χ1n) is 5.80. The van der Waals surface area contributed by atoms with Crippen LogP contribution in [0, 0.1) is 5.92 Å². The quantitative estimate of drug-likeness (QED) is 0.725. The molecule has 0 radical (unpaired) electrons. The molecule has 0 aromatic heterocycles. The number of likely N-dealkylation sites (tertiary alicyclic amines) is 1. The molecule has 2 heterocycles. The Hall–Kier alpha value is -0.150. The van der Waals surface area contributed by atoms with Crippen molar-refractivity contribution in [1.82, 2.24) is 10.2 Å². The van der Waals surface area contributed by atoms with Gasteiger partial charge in [0.15, 0.2) is 0 Å². The van der Waals surface area contributed by atoms with Crippen LogP contribution in [0.3, 0.4) is 0 Å². The van der Waals surface area contributed by atoms with Gasteiger partial charge in [-0.15, -0.1) is 0 Å². The Bertz CT molecular complexity index is 190. The van der Waals surface area contributed by atoms with Crippen molar-refractivity contribution in [2.75, 3.05) is 32.7 Å². The van der Waals surface area contributed by atoms with E-state index in [9.17, 15) is 4.39 Å². The smallest absolute Gasteiger partial charge is 0.126 e. The summed E-state index contributed by atoms with van der Waals surface area (Å²) in [6.07, 6.45) is 2.63. The number of hydrogen-bond donors (Lipinski definition) is 1. The first kappa shape index (κ1) is 10.4. The summed E-state index contributed by atoms with van der Waals surface area (Å²) in [7, 11) is 0. The third kappa shape index (κ3) is 2.45. The molecule has 1 atom stereocenters. The molecule has 0 aromatic carbocycles. The van der Waals surface area contributed by atoms with Gasteiger partial charge in [-0.3, -0.25) is 4.90 Å². The zero-order chi connectivity index (χ0) is 10.0. The Balaban J connectivity index is 1.83. The molecule has 1 N–H and O–H groups in total. The van der Waals surface area contributed by atoms with Crippen molar-refractivity contribution in [1.29, 1.82) is 0 Å². The van der Waals surface area contributed by atoms with Crippen LogP contribution < -0.4 is 5.32 Å². The molecule has 0 aliphatic carbocycles. The lowest BCUT2D eigenvalue weighted by molar-refractivity contribution is 0.0700. The van der Waals surface area contributed by atoms with Crippen molar-refractivity contribution in [3.05, 3.63) is 0 Å². The zero-order valence-electron chi connectivity index (χ0n) is 9.06. The highest BCUT2D eigenvalue weighted by Crippen LogP contribution is 2.27. The van der Waals surface area contributed by atoms with Gasteiger partial charge in [0.1, 0.15) is 5.67 Å². The van der Waals surface area contributed by atoms with Crippen LogP contribution in [-0.4, -0.2) is 43.3 Å². The van der Waals surface area contributed by atoms with E-state index < -0.39 is 5.67 Å². The van der Waals surface area contributed by atoms with Gasteiger partial charge in [-0.25, -0.2) is 4.39 Å². The fourth-order valence-corrected chi connectivity index (χ4v) is 2.60. The van der Waals surface area contributed by atoms with Crippen LogP contribution >= 0.6 is 0 Å². The topological polar surface area (TPSA) is 15.3 Å². The Morgan fingerprint density at radius 1 is 1.43 bits per heavy atom. The first-order chi connectivity index (χ1) is 6.68. The normalized spacial score (nSPS) is 33.4. The second kappa shape index (κ2) is 4.15. The Kier molecular flexibility index (Phi) is 3.07. The van der Waals surface area contributed by atoms with Crippen LogP contribution in [-0.2, 0) is 0 Å². The van der Waals surface area contributed by atoms with Crippen LogP contribution in [0.1, 0.15) is 26.2 Å². The Labute approximate surface area is 85.9 Å². The molecule has 2 saturated heterocycles. The second-order valence-corrected chi connectivity index (χ2v) is 5.03.